The first kappa shape index (κ1) is 21.2. The summed E-state index contributed by atoms with van der Waals surface area (Å²) in [5, 5.41) is 3.69. The van der Waals surface area contributed by atoms with Gasteiger partial charge < -0.3 is 19.9 Å². The molecule has 0 bridgehead atoms. The highest BCUT2D eigenvalue weighted by atomic mass is 35.5. The molecule has 1 aromatic heterocycles. The number of carbonyl (C=O) groups excluding carboxylic acids is 2. The van der Waals surface area contributed by atoms with E-state index >= 15 is 0 Å². The Morgan fingerprint density at radius 2 is 1.93 bits per heavy atom. The summed E-state index contributed by atoms with van der Waals surface area (Å²) in [7, 11) is 0. The van der Waals surface area contributed by atoms with Gasteiger partial charge in [-0.15, -0.1) is 0 Å². The lowest BCUT2D eigenvalue weighted by Gasteiger charge is -2.23. The topological polar surface area (TPSA) is 74.8 Å². The van der Waals surface area contributed by atoms with Crippen LogP contribution in [0, 0.1) is 0 Å². The smallest absolute Gasteiger partial charge is 0.339 e. The number of amides is 2. The van der Waals surface area contributed by atoms with E-state index in [4.69, 9.17) is 27.9 Å². The van der Waals surface area contributed by atoms with Gasteiger partial charge in [0.15, 0.2) is 0 Å². The predicted molar refractivity (Wildman–Crippen MR) is 114 cm³/mol. The first-order valence-electron chi connectivity index (χ1n) is 9.37. The van der Waals surface area contributed by atoms with Crippen LogP contribution in [0.2, 0.25) is 10.0 Å². The van der Waals surface area contributed by atoms with E-state index in [9.17, 15) is 9.59 Å². The second kappa shape index (κ2) is 9.80. The lowest BCUT2D eigenvalue weighted by molar-refractivity contribution is 0.0526. The van der Waals surface area contributed by atoms with Crippen molar-refractivity contribution in [1.82, 2.24) is 9.88 Å². The van der Waals surface area contributed by atoms with E-state index in [0.717, 1.165) is 18.8 Å². The number of esters is 1. The van der Waals surface area contributed by atoms with Crippen LogP contribution in [0.3, 0.4) is 0 Å². The molecule has 0 aliphatic carbocycles. The number of ether oxygens (including phenoxy) is 1. The zero-order valence-electron chi connectivity index (χ0n) is 16.0. The number of carbonyl (C=O) groups is 2. The first-order valence-corrected chi connectivity index (χ1v) is 10.1. The van der Waals surface area contributed by atoms with E-state index in [2.05, 4.69) is 15.2 Å². The maximum Gasteiger partial charge on any atom is 0.339 e. The highest BCUT2D eigenvalue weighted by Crippen LogP contribution is 2.25. The molecule has 0 saturated carbocycles. The molecule has 0 radical (unpaired) electrons. The van der Waals surface area contributed by atoms with Crippen molar-refractivity contribution in [2.45, 2.75) is 13.3 Å². The molecule has 2 aromatic rings. The van der Waals surface area contributed by atoms with Crippen molar-refractivity contribution in [3.8, 4) is 0 Å². The third-order valence-corrected chi connectivity index (χ3v) is 5.28. The SMILES string of the molecule is CCOC(=O)c1ccc(N2CCCN(C(=O)Nc3ccc(Cl)c(Cl)c3)CC2)nc1. The molecule has 0 unspecified atom stereocenters. The number of aromatic nitrogens is 1. The van der Waals surface area contributed by atoms with Gasteiger partial charge >= 0.3 is 12.0 Å². The molecular formula is C20H22Cl2N4O3. The molecule has 1 aliphatic rings. The number of hydrogen-bond donors (Lipinski definition) is 1. The van der Waals surface area contributed by atoms with Gasteiger partial charge in [0.25, 0.3) is 0 Å². The number of anilines is 2. The quantitative estimate of drug-likeness (QED) is 0.722. The molecule has 29 heavy (non-hydrogen) atoms. The standard InChI is InChI=1S/C20H22Cl2N4O3/c1-2-29-19(27)14-4-7-18(23-13-14)25-8-3-9-26(11-10-25)20(28)24-15-5-6-16(21)17(22)12-15/h4-7,12-13H,2-3,8-11H2,1H3,(H,24,28). The number of halogens is 2. The van der Waals surface area contributed by atoms with E-state index in [1.165, 1.54) is 6.20 Å². The molecule has 2 amide bonds. The maximum atomic E-state index is 12.6. The van der Waals surface area contributed by atoms with Crippen LogP contribution < -0.4 is 10.2 Å². The minimum Gasteiger partial charge on any atom is -0.462 e. The van der Waals surface area contributed by atoms with Gasteiger partial charge in [-0.25, -0.2) is 14.6 Å². The van der Waals surface area contributed by atoms with Crippen LogP contribution in [0.1, 0.15) is 23.7 Å². The summed E-state index contributed by atoms with van der Waals surface area (Å²) in [6, 6.07) is 8.31. The zero-order chi connectivity index (χ0) is 20.8. The summed E-state index contributed by atoms with van der Waals surface area (Å²) in [4.78, 5) is 32.6. The van der Waals surface area contributed by atoms with Crippen LogP contribution in [-0.2, 0) is 4.74 Å². The molecule has 1 aliphatic heterocycles. The summed E-state index contributed by atoms with van der Waals surface area (Å²) in [5.74, 6) is 0.386. The summed E-state index contributed by atoms with van der Waals surface area (Å²) in [6.45, 7) is 4.68. The normalized spacial score (nSPS) is 14.3. The van der Waals surface area contributed by atoms with Gasteiger partial charge in [-0.1, -0.05) is 23.2 Å². The summed E-state index contributed by atoms with van der Waals surface area (Å²) >= 11 is 11.9. The molecular weight excluding hydrogens is 415 g/mol. The van der Waals surface area contributed by atoms with E-state index in [0.29, 0.717) is 47.5 Å². The largest absolute Gasteiger partial charge is 0.462 e. The molecule has 1 saturated heterocycles. The Morgan fingerprint density at radius 3 is 2.62 bits per heavy atom. The van der Waals surface area contributed by atoms with Crippen LogP contribution in [-0.4, -0.2) is 54.7 Å². The average molecular weight is 437 g/mol. The number of urea groups is 1. The van der Waals surface area contributed by atoms with Gasteiger partial charge in [0.05, 0.1) is 22.2 Å². The number of rotatable bonds is 4. The fraction of sp³-hybridized carbons (Fsp3) is 0.350. The van der Waals surface area contributed by atoms with Gasteiger partial charge in [-0.3, -0.25) is 0 Å². The van der Waals surface area contributed by atoms with E-state index in [1.807, 2.05) is 0 Å². The Kier molecular flexibility index (Phi) is 7.17. The molecule has 1 aromatic carbocycles. The maximum absolute atomic E-state index is 12.6. The Morgan fingerprint density at radius 1 is 1.10 bits per heavy atom. The van der Waals surface area contributed by atoms with Crippen LogP contribution in [0.15, 0.2) is 36.5 Å². The van der Waals surface area contributed by atoms with Crippen molar-refractivity contribution in [2.75, 3.05) is 43.0 Å². The molecule has 0 spiro atoms. The fourth-order valence-corrected chi connectivity index (χ4v) is 3.33. The van der Waals surface area contributed by atoms with Crippen LogP contribution >= 0.6 is 23.2 Å². The van der Waals surface area contributed by atoms with Crippen LogP contribution in [0.4, 0.5) is 16.3 Å². The minimum atomic E-state index is -0.382. The molecule has 0 atom stereocenters. The number of pyridine rings is 1. The number of hydrogen-bond acceptors (Lipinski definition) is 5. The van der Waals surface area contributed by atoms with Gasteiger partial charge in [0, 0.05) is 38.1 Å². The molecule has 3 rings (SSSR count). The van der Waals surface area contributed by atoms with Gasteiger partial charge in [0.1, 0.15) is 5.82 Å². The Labute approximate surface area is 179 Å². The molecule has 7 nitrogen and oxygen atoms in total. The Balaban J connectivity index is 1.58. The highest BCUT2D eigenvalue weighted by molar-refractivity contribution is 6.42. The molecule has 1 N–H and O–H groups in total. The van der Waals surface area contributed by atoms with Crippen molar-refractivity contribution >= 4 is 46.7 Å². The lowest BCUT2D eigenvalue weighted by atomic mass is 10.2. The number of benzene rings is 1. The van der Waals surface area contributed by atoms with Crippen LogP contribution in [0.25, 0.3) is 0 Å². The third-order valence-electron chi connectivity index (χ3n) is 4.54. The molecule has 9 heteroatoms. The van der Waals surface area contributed by atoms with Gasteiger partial charge in [-0.2, -0.15) is 0 Å². The Bertz CT molecular complexity index is 877. The van der Waals surface area contributed by atoms with E-state index in [1.54, 1.807) is 42.2 Å². The van der Waals surface area contributed by atoms with Crippen molar-refractivity contribution in [3.63, 3.8) is 0 Å². The average Bonchev–Trinajstić information content (AvgIpc) is 2.97. The Hall–Kier alpha value is -2.51. The third kappa shape index (κ3) is 5.52. The summed E-state index contributed by atoms with van der Waals surface area (Å²) < 4.78 is 4.98. The predicted octanol–water partition coefficient (Wildman–Crippen LogP) is 4.31. The van der Waals surface area contributed by atoms with Crippen molar-refractivity contribution in [1.29, 1.82) is 0 Å². The van der Waals surface area contributed by atoms with E-state index < -0.39 is 0 Å². The molecule has 2 heterocycles. The summed E-state index contributed by atoms with van der Waals surface area (Å²) in [6.07, 6.45) is 2.32. The van der Waals surface area contributed by atoms with Crippen molar-refractivity contribution < 1.29 is 14.3 Å². The highest BCUT2D eigenvalue weighted by Gasteiger charge is 2.20. The summed E-state index contributed by atoms with van der Waals surface area (Å²) in [5.41, 5.74) is 1.02. The molecule has 154 valence electrons. The molecule has 1 fully saturated rings. The van der Waals surface area contributed by atoms with Crippen LogP contribution in [0.5, 0.6) is 0 Å². The zero-order valence-corrected chi connectivity index (χ0v) is 17.5. The van der Waals surface area contributed by atoms with Crippen molar-refractivity contribution in [3.05, 3.63) is 52.1 Å². The lowest BCUT2D eigenvalue weighted by Crippen LogP contribution is -2.38. The fourth-order valence-electron chi connectivity index (χ4n) is 3.03. The first-order chi connectivity index (χ1) is 14.0. The monoisotopic (exact) mass is 436 g/mol. The number of nitrogens with one attached hydrogen (secondary N) is 1. The van der Waals surface area contributed by atoms with Gasteiger partial charge in [-0.05, 0) is 43.7 Å². The second-order valence-corrected chi connectivity index (χ2v) is 7.33. The second-order valence-electron chi connectivity index (χ2n) is 6.51. The van der Waals surface area contributed by atoms with Gasteiger partial charge in [0.2, 0.25) is 0 Å². The minimum absolute atomic E-state index is 0.184. The van der Waals surface area contributed by atoms with Crippen molar-refractivity contribution in [2.24, 2.45) is 0 Å². The number of nitrogens with zero attached hydrogens (tertiary/aromatic N) is 3. The van der Waals surface area contributed by atoms with E-state index in [-0.39, 0.29) is 12.0 Å².